The molecule has 0 saturated carbocycles. The van der Waals surface area contributed by atoms with E-state index in [1.165, 1.54) is 12.1 Å². The van der Waals surface area contributed by atoms with Crippen molar-refractivity contribution in [1.82, 2.24) is 9.88 Å². The number of carbonyl (C=O) groups is 1. The van der Waals surface area contributed by atoms with E-state index >= 15 is 0 Å². The first-order valence-electron chi connectivity index (χ1n) is 8.80. The molecule has 6 heteroatoms. The Balaban J connectivity index is 1.24. The van der Waals surface area contributed by atoms with Gasteiger partial charge in [-0.05, 0) is 36.2 Å². The summed E-state index contributed by atoms with van der Waals surface area (Å²) in [6, 6.07) is 12.1. The van der Waals surface area contributed by atoms with Crippen LogP contribution in [0.3, 0.4) is 0 Å². The van der Waals surface area contributed by atoms with Crippen LogP contribution in [0.15, 0.2) is 48.7 Å². The van der Waals surface area contributed by atoms with Crippen molar-refractivity contribution < 1.29 is 13.9 Å². The number of thioether (sulfide) groups is 1. The van der Waals surface area contributed by atoms with Gasteiger partial charge in [0.2, 0.25) is 5.91 Å². The normalized spacial score (nSPS) is 21.0. The summed E-state index contributed by atoms with van der Waals surface area (Å²) < 4.78 is 19.4. The van der Waals surface area contributed by atoms with E-state index in [0.29, 0.717) is 6.61 Å². The van der Waals surface area contributed by atoms with Gasteiger partial charge in [0.15, 0.2) is 0 Å². The molecule has 3 heterocycles. The predicted octanol–water partition coefficient (Wildman–Crippen LogP) is 3.07. The Morgan fingerprint density at radius 2 is 2.19 bits per heavy atom. The smallest absolute Gasteiger partial charge is 0.227 e. The van der Waals surface area contributed by atoms with E-state index in [-0.39, 0.29) is 29.0 Å². The van der Waals surface area contributed by atoms with Crippen molar-refractivity contribution >= 4 is 17.7 Å². The minimum Gasteiger partial charge on any atom is -0.371 e. The van der Waals surface area contributed by atoms with Gasteiger partial charge in [-0.15, -0.1) is 11.8 Å². The average Bonchev–Trinajstić information content (AvgIpc) is 3.04. The molecule has 26 heavy (non-hydrogen) atoms. The van der Waals surface area contributed by atoms with Crippen LogP contribution in [0.5, 0.6) is 0 Å². The van der Waals surface area contributed by atoms with E-state index in [1.807, 2.05) is 34.9 Å². The molecule has 0 unspecified atom stereocenters. The topological polar surface area (TPSA) is 42.4 Å². The van der Waals surface area contributed by atoms with Crippen molar-refractivity contribution in [1.29, 1.82) is 0 Å². The molecular weight excluding hydrogens is 351 g/mol. The number of halogens is 1. The highest BCUT2D eigenvalue weighted by Gasteiger charge is 2.50. The SMILES string of the molecule is O=C(Cc1cccc(F)c1)N1CC2(C[C@H](OCc3ccccn3)CS2)C1. The molecule has 1 aromatic heterocycles. The third-order valence-corrected chi connectivity index (χ3v) is 6.50. The second-order valence-electron chi connectivity index (χ2n) is 7.01. The number of rotatable bonds is 5. The van der Waals surface area contributed by atoms with Crippen LogP contribution in [0.25, 0.3) is 0 Å². The molecule has 1 atom stereocenters. The van der Waals surface area contributed by atoms with Gasteiger partial charge >= 0.3 is 0 Å². The van der Waals surface area contributed by atoms with Gasteiger partial charge < -0.3 is 9.64 Å². The molecule has 0 aliphatic carbocycles. The number of amides is 1. The van der Waals surface area contributed by atoms with Gasteiger partial charge in [0, 0.05) is 25.0 Å². The van der Waals surface area contributed by atoms with Crippen molar-refractivity contribution in [3.05, 3.63) is 65.7 Å². The molecule has 2 aliphatic rings. The lowest BCUT2D eigenvalue weighted by Crippen LogP contribution is -2.61. The molecule has 2 fully saturated rings. The zero-order valence-electron chi connectivity index (χ0n) is 14.4. The number of hydrogen-bond donors (Lipinski definition) is 0. The van der Waals surface area contributed by atoms with Gasteiger partial charge in [0.1, 0.15) is 5.82 Å². The third kappa shape index (κ3) is 3.91. The zero-order chi connectivity index (χ0) is 18.0. The van der Waals surface area contributed by atoms with E-state index < -0.39 is 0 Å². The molecule has 0 radical (unpaired) electrons. The third-order valence-electron chi connectivity index (χ3n) is 4.92. The molecule has 1 spiro atoms. The van der Waals surface area contributed by atoms with Crippen molar-refractivity contribution in [2.75, 3.05) is 18.8 Å². The Bertz CT molecular complexity index is 780. The Kier molecular flexibility index (Phi) is 4.96. The van der Waals surface area contributed by atoms with Crippen LogP contribution in [0.4, 0.5) is 4.39 Å². The largest absolute Gasteiger partial charge is 0.371 e. The Morgan fingerprint density at radius 3 is 2.96 bits per heavy atom. The lowest BCUT2D eigenvalue weighted by Gasteiger charge is -2.47. The van der Waals surface area contributed by atoms with Crippen LogP contribution >= 0.6 is 11.8 Å². The van der Waals surface area contributed by atoms with Gasteiger partial charge in [-0.25, -0.2) is 4.39 Å². The van der Waals surface area contributed by atoms with Crippen LogP contribution in [0.1, 0.15) is 17.7 Å². The highest BCUT2D eigenvalue weighted by molar-refractivity contribution is 8.01. The first kappa shape index (κ1) is 17.5. The second kappa shape index (κ2) is 7.37. The van der Waals surface area contributed by atoms with Gasteiger partial charge in [0.25, 0.3) is 0 Å². The zero-order valence-corrected chi connectivity index (χ0v) is 15.3. The second-order valence-corrected chi connectivity index (χ2v) is 8.50. The lowest BCUT2D eigenvalue weighted by molar-refractivity contribution is -0.136. The lowest BCUT2D eigenvalue weighted by atomic mass is 9.92. The molecule has 1 aromatic carbocycles. The Hall–Kier alpha value is -1.92. The van der Waals surface area contributed by atoms with Crippen LogP contribution in [0.2, 0.25) is 0 Å². The minimum atomic E-state index is -0.297. The summed E-state index contributed by atoms with van der Waals surface area (Å²) in [5, 5.41) is 0. The van der Waals surface area contributed by atoms with Crippen molar-refractivity contribution in [2.24, 2.45) is 0 Å². The minimum absolute atomic E-state index is 0.0691. The van der Waals surface area contributed by atoms with Crippen molar-refractivity contribution in [3.8, 4) is 0 Å². The molecule has 0 N–H and O–H groups in total. The number of likely N-dealkylation sites (tertiary alicyclic amines) is 1. The van der Waals surface area contributed by atoms with Gasteiger partial charge in [-0.1, -0.05) is 18.2 Å². The van der Waals surface area contributed by atoms with Crippen molar-refractivity contribution in [2.45, 2.75) is 30.3 Å². The highest BCUT2D eigenvalue weighted by Crippen LogP contribution is 2.46. The first-order chi connectivity index (χ1) is 12.6. The van der Waals surface area contributed by atoms with Crippen LogP contribution < -0.4 is 0 Å². The fraction of sp³-hybridized carbons (Fsp3) is 0.400. The number of hydrogen-bond acceptors (Lipinski definition) is 4. The number of nitrogens with zero attached hydrogens (tertiary/aromatic N) is 2. The van der Waals surface area contributed by atoms with E-state index in [9.17, 15) is 9.18 Å². The number of benzene rings is 1. The van der Waals surface area contributed by atoms with E-state index in [0.717, 1.165) is 36.5 Å². The predicted molar refractivity (Wildman–Crippen MR) is 99.3 cm³/mol. The molecule has 4 nitrogen and oxygen atoms in total. The number of aromatic nitrogens is 1. The summed E-state index contributed by atoms with van der Waals surface area (Å²) in [6.45, 7) is 2.05. The van der Waals surface area contributed by atoms with Crippen molar-refractivity contribution in [3.63, 3.8) is 0 Å². The van der Waals surface area contributed by atoms with Crippen LogP contribution in [-0.4, -0.2) is 45.5 Å². The van der Waals surface area contributed by atoms with Gasteiger partial charge in [-0.3, -0.25) is 9.78 Å². The van der Waals surface area contributed by atoms with E-state index in [2.05, 4.69) is 4.98 Å². The van der Waals surface area contributed by atoms with Gasteiger partial charge in [0.05, 0.1) is 29.6 Å². The molecule has 2 saturated heterocycles. The fourth-order valence-corrected chi connectivity index (χ4v) is 5.13. The Labute approximate surface area is 156 Å². The maximum Gasteiger partial charge on any atom is 0.227 e. The first-order valence-corrected chi connectivity index (χ1v) is 9.78. The maximum absolute atomic E-state index is 13.2. The summed E-state index contributed by atoms with van der Waals surface area (Å²) in [7, 11) is 0. The standard InChI is InChI=1S/C20H21FN2O2S/c21-16-5-3-4-15(8-16)9-19(24)23-13-20(14-23)10-18(12-26-20)25-11-17-6-1-2-7-22-17/h1-8,18H,9-14H2/t18-/m0/s1. The maximum atomic E-state index is 13.2. The summed E-state index contributed by atoms with van der Waals surface area (Å²) in [5.41, 5.74) is 1.67. The molecule has 0 bridgehead atoms. The highest BCUT2D eigenvalue weighted by atomic mass is 32.2. The molecule has 2 aliphatic heterocycles. The number of carbonyl (C=O) groups excluding carboxylic acids is 1. The monoisotopic (exact) mass is 372 g/mol. The molecule has 4 rings (SSSR count). The number of pyridine rings is 1. The summed E-state index contributed by atoms with van der Waals surface area (Å²) in [4.78, 5) is 18.5. The Morgan fingerprint density at radius 1 is 1.31 bits per heavy atom. The average molecular weight is 372 g/mol. The molecular formula is C20H21FN2O2S. The molecule has 1 amide bonds. The van der Waals surface area contributed by atoms with Crippen LogP contribution in [0, 0.1) is 5.82 Å². The molecule has 136 valence electrons. The number of ether oxygens (including phenoxy) is 1. The molecule has 2 aromatic rings. The van der Waals surface area contributed by atoms with Gasteiger partial charge in [-0.2, -0.15) is 0 Å². The fourth-order valence-electron chi connectivity index (χ4n) is 3.58. The summed E-state index contributed by atoms with van der Waals surface area (Å²) in [5.74, 6) is 0.730. The summed E-state index contributed by atoms with van der Waals surface area (Å²) >= 11 is 1.91. The quantitative estimate of drug-likeness (QED) is 0.809. The van der Waals surface area contributed by atoms with E-state index in [4.69, 9.17) is 4.74 Å². The van der Waals surface area contributed by atoms with Crippen LogP contribution in [-0.2, 0) is 22.6 Å². The van der Waals surface area contributed by atoms with E-state index in [1.54, 1.807) is 18.3 Å². The summed E-state index contributed by atoms with van der Waals surface area (Å²) in [6.07, 6.45) is 3.21.